The van der Waals surface area contributed by atoms with Gasteiger partial charge in [-0.2, -0.15) is 0 Å². The standard InChI is InChI=1S/C22H30N4O2.C4H4O4/c1-6-28-21(27)25-16-7-8-18(26-20(16)23)24-17-12-22(4,5)11-15-10-13(2)9-14(3)19(15)17;5-3(6)1-2-4(7)8/h7-10,17H,6,11-12H2,1-5H3,(H,25,27)(H3,23,24,26);1-2H,(H,5,6)(H,7,8)/b;2-1+. The van der Waals surface area contributed by atoms with Crippen molar-refractivity contribution in [2.45, 2.75) is 53.5 Å². The molecule has 0 radical (unpaired) electrons. The molecule has 0 bridgehead atoms. The number of aryl methyl sites for hydroxylation is 2. The molecule has 0 aliphatic heterocycles. The number of anilines is 3. The fourth-order valence-electron chi connectivity index (χ4n) is 4.39. The first kappa shape index (κ1) is 28.2. The number of carbonyl (C=O) groups excluding carboxylic acids is 2. The van der Waals surface area contributed by atoms with Crippen LogP contribution in [0.2, 0.25) is 0 Å². The van der Waals surface area contributed by atoms with E-state index in [1.165, 1.54) is 22.3 Å². The molecule has 0 saturated heterocycles. The van der Waals surface area contributed by atoms with E-state index in [9.17, 15) is 19.5 Å². The molecule has 1 unspecified atom stereocenters. The number of carbonyl (C=O) groups is 3. The van der Waals surface area contributed by atoms with Crippen LogP contribution in [0.3, 0.4) is 0 Å². The molecule has 10 nitrogen and oxygen atoms in total. The van der Waals surface area contributed by atoms with E-state index in [1.54, 1.807) is 13.0 Å². The maximum absolute atomic E-state index is 11.6. The van der Waals surface area contributed by atoms with Gasteiger partial charge in [-0.15, -0.1) is 0 Å². The normalized spacial score (nSPS) is 15.8. The molecule has 1 aromatic carbocycles. The molecular weight excluding hydrogens is 464 g/mol. The first-order chi connectivity index (χ1) is 16.8. The number of aliphatic carboxylic acids is 2. The van der Waals surface area contributed by atoms with Gasteiger partial charge in [-0.1, -0.05) is 31.5 Å². The summed E-state index contributed by atoms with van der Waals surface area (Å²) in [5.74, 6) is -1.60. The predicted molar refractivity (Wildman–Crippen MR) is 134 cm³/mol. The number of hydrogen-bond donors (Lipinski definition) is 4. The minimum Gasteiger partial charge on any atom is -0.545 e. The van der Waals surface area contributed by atoms with Gasteiger partial charge in [0.2, 0.25) is 11.6 Å². The van der Waals surface area contributed by atoms with Crippen LogP contribution in [-0.2, 0) is 20.7 Å². The van der Waals surface area contributed by atoms with Crippen LogP contribution in [0.5, 0.6) is 0 Å². The van der Waals surface area contributed by atoms with E-state index in [-0.39, 0.29) is 11.5 Å². The van der Waals surface area contributed by atoms with Gasteiger partial charge >= 0.3 is 12.1 Å². The number of nitrogens with one attached hydrogen (secondary N) is 3. The second kappa shape index (κ2) is 12.1. The van der Waals surface area contributed by atoms with Crippen molar-refractivity contribution < 1.29 is 34.3 Å². The molecular formula is C26H34N4O6. The number of amides is 1. The lowest BCUT2D eigenvalue weighted by Crippen LogP contribution is -2.32. The summed E-state index contributed by atoms with van der Waals surface area (Å²) in [5, 5.41) is 23.5. The Bertz CT molecular complexity index is 1140. The highest BCUT2D eigenvalue weighted by atomic mass is 16.5. The van der Waals surface area contributed by atoms with E-state index in [0.717, 1.165) is 18.7 Å². The Morgan fingerprint density at radius 2 is 1.94 bits per heavy atom. The lowest BCUT2D eigenvalue weighted by molar-refractivity contribution is -0.342. The number of nitrogens with two attached hydrogens (primary N) is 1. The lowest BCUT2D eigenvalue weighted by Gasteiger charge is -2.37. The van der Waals surface area contributed by atoms with Crippen molar-refractivity contribution >= 4 is 35.4 Å². The average Bonchev–Trinajstić information content (AvgIpc) is 2.73. The smallest absolute Gasteiger partial charge is 0.411 e. The zero-order valence-electron chi connectivity index (χ0n) is 21.2. The van der Waals surface area contributed by atoms with Crippen LogP contribution in [-0.4, -0.2) is 29.7 Å². The molecule has 1 heterocycles. The molecule has 0 spiro atoms. The third kappa shape index (κ3) is 8.30. The van der Waals surface area contributed by atoms with Gasteiger partial charge in [0, 0.05) is 12.1 Å². The SMILES string of the molecule is CCOC(=O)Nc1ccc(NC2CC(C)(C)Cc3cc(C)cc(C)c32)[nH+]c1N.O=C([O-])/C=C/C(=O)O. The highest BCUT2D eigenvalue weighted by molar-refractivity contribution is 5.88. The minimum atomic E-state index is -1.51. The third-order valence-electron chi connectivity index (χ3n) is 5.57. The largest absolute Gasteiger partial charge is 0.545 e. The summed E-state index contributed by atoms with van der Waals surface area (Å²) in [4.78, 5) is 33.7. The zero-order valence-corrected chi connectivity index (χ0v) is 21.2. The Morgan fingerprint density at radius 3 is 2.50 bits per heavy atom. The van der Waals surface area contributed by atoms with Crippen LogP contribution in [0, 0.1) is 19.3 Å². The van der Waals surface area contributed by atoms with Crippen LogP contribution in [0.1, 0.15) is 55.5 Å². The van der Waals surface area contributed by atoms with E-state index < -0.39 is 18.0 Å². The molecule has 36 heavy (non-hydrogen) atoms. The van der Waals surface area contributed by atoms with Crippen LogP contribution in [0.4, 0.5) is 22.1 Å². The summed E-state index contributed by atoms with van der Waals surface area (Å²) in [6.07, 6.45) is 2.53. The number of aromatic amines is 1. The Hall–Kier alpha value is -4.08. The number of nitrogen functional groups attached to an aromatic ring is 1. The van der Waals surface area contributed by atoms with Crippen molar-refractivity contribution in [3.05, 3.63) is 58.7 Å². The van der Waals surface area contributed by atoms with E-state index in [2.05, 4.69) is 55.4 Å². The van der Waals surface area contributed by atoms with Crippen molar-refractivity contribution in [2.24, 2.45) is 5.41 Å². The van der Waals surface area contributed by atoms with Gasteiger partial charge in [-0.05, 0) is 67.9 Å². The molecule has 2 aromatic rings. The maximum Gasteiger partial charge on any atom is 0.411 e. The zero-order chi connectivity index (χ0) is 27.0. The summed E-state index contributed by atoms with van der Waals surface area (Å²) in [6, 6.07) is 8.42. The van der Waals surface area contributed by atoms with E-state index in [0.29, 0.717) is 30.3 Å². The summed E-state index contributed by atoms with van der Waals surface area (Å²) in [6.45, 7) is 11.0. The third-order valence-corrected chi connectivity index (χ3v) is 5.57. The predicted octanol–water partition coefficient (Wildman–Crippen LogP) is 2.77. The minimum absolute atomic E-state index is 0.193. The average molecular weight is 499 g/mol. The van der Waals surface area contributed by atoms with Gasteiger partial charge in [0.25, 0.3) is 0 Å². The van der Waals surface area contributed by atoms with Crippen molar-refractivity contribution in [1.82, 2.24) is 0 Å². The monoisotopic (exact) mass is 498 g/mol. The van der Waals surface area contributed by atoms with Gasteiger partial charge < -0.3 is 25.5 Å². The number of rotatable bonds is 6. The summed E-state index contributed by atoms with van der Waals surface area (Å²) >= 11 is 0. The quantitative estimate of drug-likeness (QED) is 0.441. The van der Waals surface area contributed by atoms with E-state index in [1.807, 2.05) is 6.07 Å². The summed E-state index contributed by atoms with van der Waals surface area (Å²) in [5.41, 5.74) is 12.2. The Kier molecular flexibility index (Phi) is 9.43. The topological polar surface area (TPSA) is 168 Å². The first-order valence-corrected chi connectivity index (χ1v) is 11.6. The number of carboxylic acids is 2. The number of carboxylic acid groups (broad SMARTS) is 2. The van der Waals surface area contributed by atoms with Crippen LogP contribution in [0.15, 0.2) is 36.4 Å². The van der Waals surface area contributed by atoms with Gasteiger partial charge in [0.1, 0.15) is 5.69 Å². The number of benzene rings is 1. The van der Waals surface area contributed by atoms with Gasteiger partial charge in [-0.25, -0.2) is 14.6 Å². The molecule has 1 atom stereocenters. The number of hydrogen-bond acceptors (Lipinski definition) is 7. The Balaban J connectivity index is 0.000000493. The fraction of sp³-hybridized carbons (Fsp3) is 0.385. The molecule has 1 aliphatic rings. The van der Waals surface area contributed by atoms with E-state index >= 15 is 0 Å². The number of pyridine rings is 1. The van der Waals surface area contributed by atoms with Crippen LogP contribution >= 0.6 is 0 Å². The number of H-pyrrole nitrogens is 1. The molecule has 1 aliphatic carbocycles. The molecule has 1 amide bonds. The van der Waals surface area contributed by atoms with Gasteiger partial charge in [0.05, 0.1) is 18.6 Å². The van der Waals surface area contributed by atoms with Crippen LogP contribution < -0.4 is 26.5 Å². The van der Waals surface area contributed by atoms with Crippen molar-refractivity contribution in [2.75, 3.05) is 23.0 Å². The molecule has 3 rings (SSSR count). The van der Waals surface area contributed by atoms with Crippen molar-refractivity contribution in [3.8, 4) is 0 Å². The number of ether oxygens (including phenoxy) is 1. The number of fused-ring (bicyclic) bond motifs is 1. The van der Waals surface area contributed by atoms with Gasteiger partial charge in [0.15, 0.2) is 0 Å². The molecule has 1 aromatic heterocycles. The fourth-order valence-corrected chi connectivity index (χ4v) is 4.39. The van der Waals surface area contributed by atoms with E-state index in [4.69, 9.17) is 15.6 Å². The molecule has 0 saturated carbocycles. The Labute approximate surface area is 210 Å². The molecule has 6 N–H and O–H groups in total. The van der Waals surface area contributed by atoms with Gasteiger partial charge in [-0.3, -0.25) is 10.6 Å². The molecule has 10 heteroatoms. The highest BCUT2D eigenvalue weighted by Crippen LogP contribution is 2.43. The maximum atomic E-state index is 11.6. The summed E-state index contributed by atoms with van der Waals surface area (Å²) in [7, 11) is 0. The summed E-state index contributed by atoms with van der Waals surface area (Å²) < 4.78 is 4.90. The molecule has 0 fully saturated rings. The second-order valence-electron chi connectivity index (χ2n) is 9.43. The van der Waals surface area contributed by atoms with Crippen LogP contribution in [0.25, 0.3) is 0 Å². The lowest BCUT2D eigenvalue weighted by atomic mass is 9.70. The number of aromatic nitrogens is 1. The highest BCUT2D eigenvalue weighted by Gasteiger charge is 2.35. The van der Waals surface area contributed by atoms with Crippen molar-refractivity contribution in [1.29, 1.82) is 0 Å². The van der Waals surface area contributed by atoms with Crippen molar-refractivity contribution in [3.63, 3.8) is 0 Å². The first-order valence-electron chi connectivity index (χ1n) is 11.6. The molecule has 194 valence electrons. The Morgan fingerprint density at radius 1 is 1.25 bits per heavy atom. The second-order valence-corrected chi connectivity index (χ2v) is 9.43.